The molecule has 1 aliphatic rings. The Hall–Kier alpha value is -2.85. The number of rotatable bonds is 6. The Bertz CT molecular complexity index is 911. The molecule has 1 N–H and O–H groups in total. The van der Waals surface area contributed by atoms with Gasteiger partial charge in [0.15, 0.2) is 0 Å². The number of carbonyl (C=O) groups is 1. The zero-order valence-corrected chi connectivity index (χ0v) is 16.3. The third-order valence-corrected chi connectivity index (χ3v) is 6.12. The molecule has 1 aromatic carbocycles. The second kappa shape index (κ2) is 8.03. The van der Waals surface area contributed by atoms with Gasteiger partial charge >= 0.3 is 5.00 Å². The largest absolute Gasteiger partial charge is 0.351 e. The van der Waals surface area contributed by atoms with Crippen LogP contribution >= 0.6 is 11.3 Å². The number of nitro benzene ring substituents is 1. The van der Waals surface area contributed by atoms with Gasteiger partial charge in [0.25, 0.3) is 11.6 Å². The molecule has 0 fully saturated rings. The number of non-ortho nitro benzene ring substituents is 1. The molecule has 1 amide bonds. The smallest absolute Gasteiger partial charge is 0.324 e. The Balaban J connectivity index is 1.60. The van der Waals surface area contributed by atoms with Crippen molar-refractivity contribution in [1.82, 2.24) is 10.2 Å². The fourth-order valence-electron chi connectivity index (χ4n) is 3.53. The van der Waals surface area contributed by atoms with Gasteiger partial charge in [0.05, 0.1) is 9.85 Å². The molecule has 2 aromatic rings. The minimum absolute atomic E-state index is 0.0278. The lowest BCUT2D eigenvalue weighted by atomic mass is 9.96. The highest BCUT2D eigenvalue weighted by Crippen LogP contribution is 2.40. The summed E-state index contributed by atoms with van der Waals surface area (Å²) in [7, 11) is 0. The Morgan fingerprint density at radius 3 is 2.50 bits per heavy atom. The zero-order chi connectivity index (χ0) is 20.4. The second-order valence-electron chi connectivity index (χ2n) is 6.75. The van der Waals surface area contributed by atoms with E-state index in [2.05, 4.69) is 17.1 Å². The molecule has 0 saturated heterocycles. The van der Waals surface area contributed by atoms with Crippen LogP contribution in [0.3, 0.4) is 0 Å². The number of nitro groups is 2. The Morgan fingerprint density at radius 1 is 1.21 bits per heavy atom. The van der Waals surface area contributed by atoms with E-state index in [1.165, 1.54) is 35.6 Å². The molecule has 0 aliphatic carbocycles. The normalized spacial score (nSPS) is 19.1. The molecule has 9 nitrogen and oxygen atoms in total. The van der Waals surface area contributed by atoms with Crippen LogP contribution in [-0.4, -0.2) is 39.8 Å². The third kappa shape index (κ3) is 4.02. The highest BCUT2D eigenvalue weighted by molar-refractivity contribution is 7.15. The summed E-state index contributed by atoms with van der Waals surface area (Å²) in [6.45, 7) is 5.10. The number of nitrogens with one attached hydrogen (secondary N) is 1. The summed E-state index contributed by atoms with van der Waals surface area (Å²) in [6.07, 6.45) is 0.745. The summed E-state index contributed by atoms with van der Waals surface area (Å²) in [6, 6.07) is 7.34. The van der Waals surface area contributed by atoms with Crippen LogP contribution in [0.25, 0.3) is 0 Å². The molecule has 0 radical (unpaired) electrons. The fourth-order valence-corrected chi connectivity index (χ4v) is 4.71. The van der Waals surface area contributed by atoms with Gasteiger partial charge in [-0.05, 0) is 38.0 Å². The molecule has 2 atom stereocenters. The highest BCUT2D eigenvalue weighted by atomic mass is 32.1. The number of thiophene rings is 1. The van der Waals surface area contributed by atoms with Gasteiger partial charge in [-0.1, -0.05) is 11.3 Å². The SMILES string of the molecule is C[C@@H]1Cc2sc([N+](=O)[O-])cc2[C@H](C)N1CCNC(=O)c1ccc([N+](=O)[O-])cc1. The van der Waals surface area contributed by atoms with Crippen LogP contribution in [0.2, 0.25) is 0 Å². The highest BCUT2D eigenvalue weighted by Gasteiger charge is 2.32. The number of nitrogens with zero attached hydrogens (tertiary/aromatic N) is 3. The summed E-state index contributed by atoms with van der Waals surface area (Å²) in [5.74, 6) is -0.293. The molecule has 28 heavy (non-hydrogen) atoms. The van der Waals surface area contributed by atoms with Gasteiger partial charge in [0.1, 0.15) is 0 Å². The molecule has 0 bridgehead atoms. The van der Waals surface area contributed by atoms with Crippen molar-refractivity contribution in [3.05, 3.63) is 66.6 Å². The van der Waals surface area contributed by atoms with Crippen molar-refractivity contribution >= 4 is 27.9 Å². The standard InChI is InChI=1S/C18H20N4O5S/c1-11-9-16-15(10-17(28-16)22(26)27)12(2)20(11)8-7-19-18(23)13-3-5-14(6-4-13)21(24)25/h3-6,10-12H,7-9H2,1-2H3,(H,19,23)/t11-,12+/m1/s1. The summed E-state index contributed by atoms with van der Waals surface area (Å²) in [5, 5.41) is 24.7. The van der Waals surface area contributed by atoms with Gasteiger partial charge < -0.3 is 5.32 Å². The third-order valence-electron chi connectivity index (χ3n) is 5.00. The van der Waals surface area contributed by atoms with Crippen LogP contribution in [-0.2, 0) is 6.42 Å². The molecule has 3 rings (SSSR count). The van der Waals surface area contributed by atoms with Gasteiger partial charge in [-0.25, -0.2) is 0 Å². The lowest BCUT2D eigenvalue weighted by Crippen LogP contribution is -2.44. The first-order chi connectivity index (χ1) is 13.3. The summed E-state index contributed by atoms with van der Waals surface area (Å²) >= 11 is 1.24. The molecule has 0 saturated carbocycles. The van der Waals surface area contributed by atoms with Crippen molar-refractivity contribution in [2.24, 2.45) is 0 Å². The first-order valence-corrected chi connectivity index (χ1v) is 9.65. The quantitative estimate of drug-likeness (QED) is 0.583. The number of hydrogen-bond acceptors (Lipinski definition) is 7. The average molecular weight is 404 g/mol. The second-order valence-corrected chi connectivity index (χ2v) is 7.86. The van der Waals surface area contributed by atoms with Crippen molar-refractivity contribution in [2.45, 2.75) is 32.4 Å². The predicted molar refractivity (Wildman–Crippen MR) is 105 cm³/mol. The van der Waals surface area contributed by atoms with Crippen LogP contribution in [0, 0.1) is 20.2 Å². The fraction of sp³-hybridized carbons (Fsp3) is 0.389. The van der Waals surface area contributed by atoms with Crippen molar-refractivity contribution in [3.63, 3.8) is 0 Å². The zero-order valence-electron chi connectivity index (χ0n) is 15.5. The van der Waals surface area contributed by atoms with E-state index in [1.54, 1.807) is 6.07 Å². The Kier molecular flexibility index (Phi) is 5.71. The number of benzene rings is 1. The molecule has 10 heteroatoms. The van der Waals surface area contributed by atoms with Gasteiger partial charge in [-0.15, -0.1) is 0 Å². The molecule has 1 aliphatic heterocycles. The van der Waals surface area contributed by atoms with Gasteiger partial charge in [0.2, 0.25) is 0 Å². The van der Waals surface area contributed by atoms with E-state index in [0.717, 1.165) is 16.9 Å². The topological polar surface area (TPSA) is 119 Å². The minimum Gasteiger partial charge on any atom is -0.351 e. The van der Waals surface area contributed by atoms with Gasteiger partial charge in [0, 0.05) is 53.8 Å². The van der Waals surface area contributed by atoms with E-state index in [4.69, 9.17) is 0 Å². The molecule has 0 spiro atoms. The Morgan fingerprint density at radius 2 is 1.89 bits per heavy atom. The number of amides is 1. The molecular formula is C18H20N4O5S. The maximum absolute atomic E-state index is 12.2. The average Bonchev–Trinajstić information content (AvgIpc) is 3.08. The van der Waals surface area contributed by atoms with E-state index in [0.29, 0.717) is 18.7 Å². The van der Waals surface area contributed by atoms with Crippen LogP contribution in [0.15, 0.2) is 30.3 Å². The molecule has 148 valence electrons. The first kappa shape index (κ1) is 19.9. The summed E-state index contributed by atoms with van der Waals surface area (Å²) < 4.78 is 0. The van der Waals surface area contributed by atoms with E-state index in [9.17, 15) is 25.0 Å². The number of carbonyl (C=O) groups excluding carboxylic acids is 1. The van der Waals surface area contributed by atoms with Crippen molar-refractivity contribution in [2.75, 3.05) is 13.1 Å². The summed E-state index contributed by atoms with van der Waals surface area (Å²) in [4.78, 5) is 36.4. The molecule has 1 aromatic heterocycles. The van der Waals surface area contributed by atoms with E-state index < -0.39 is 4.92 Å². The van der Waals surface area contributed by atoms with Crippen LogP contribution in [0.1, 0.15) is 40.7 Å². The lowest BCUT2D eigenvalue weighted by Gasteiger charge is -2.38. The van der Waals surface area contributed by atoms with Gasteiger partial charge in [-0.2, -0.15) is 0 Å². The van der Waals surface area contributed by atoms with Crippen molar-refractivity contribution in [1.29, 1.82) is 0 Å². The van der Waals surface area contributed by atoms with E-state index in [-0.39, 0.29) is 33.6 Å². The Labute approximate surface area is 165 Å². The van der Waals surface area contributed by atoms with E-state index >= 15 is 0 Å². The maximum Gasteiger partial charge on any atom is 0.324 e. The van der Waals surface area contributed by atoms with Gasteiger partial charge in [-0.3, -0.25) is 29.9 Å². The van der Waals surface area contributed by atoms with Crippen LogP contribution in [0.4, 0.5) is 10.7 Å². The van der Waals surface area contributed by atoms with Crippen LogP contribution < -0.4 is 5.32 Å². The van der Waals surface area contributed by atoms with Crippen molar-refractivity contribution < 1.29 is 14.6 Å². The molecular weight excluding hydrogens is 384 g/mol. The summed E-state index contributed by atoms with van der Waals surface area (Å²) in [5.41, 5.74) is 1.28. The van der Waals surface area contributed by atoms with E-state index in [1.807, 2.05) is 6.92 Å². The number of fused-ring (bicyclic) bond motifs is 1. The monoisotopic (exact) mass is 404 g/mol. The number of hydrogen-bond donors (Lipinski definition) is 1. The molecule has 0 unspecified atom stereocenters. The lowest BCUT2D eigenvalue weighted by molar-refractivity contribution is -0.384. The van der Waals surface area contributed by atoms with Crippen LogP contribution in [0.5, 0.6) is 0 Å². The first-order valence-electron chi connectivity index (χ1n) is 8.83. The predicted octanol–water partition coefficient (Wildman–Crippen LogP) is 3.30. The minimum atomic E-state index is -0.510. The van der Waals surface area contributed by atoms with Crippen molar-refractivity contribution in [3.8, 4) is 0 Å². The molecule has 2 heterocycles. The maximum atomic E-state index is 12.2.